The van der Waals surface area contributed by atoms with Gasteiger partial charge in [0.15, 0.2) is 5.76 Å². The molecular formula is C32H30F3N7O2. The molecule has 1 atom stereocenters. The summed E-state index contributed by atoms with van der Waals surface area (Å²) in [5.74, 6) is 0.185. The lowest BCUT2D eigenvalue weighted by Gasteiger charge is -2.17. The summed E-state index contributed by atoms with van der Waals surface area (Å²) in [6.45, 7) is 5.59. The molecule has 0 fully saturated rings. The maximum atomic E-state index is 13.9. The molecular weight excluding hydrogens is 571 g/mol. The largest absolute Gasteiger partial charge is 0.418 e. The Morgan fingerprint density at radius 3 is 2.48 bits per heavy atom. The van der Waals surface area contributed by atoms with Gasteiger partial charge in [0.1, 0.15) is 0 Å². The van der Waals surface area contributed by atoms with Crippen LogP contribution in [0.2, 0.25) is 0 Å². The van der Waals surface area contributed by atoms with Crippen LogP contribution in [0.4, 0.5) is 30.5 Å². The highest BCUT2D eigenvalue weighted by molar-refractivity contribution is 6.05. The second-order valence-electron chi connectivity index (χ2n) is 10.4. The smallest absolute Gasteiger partial charge is 0.356 e. The number of aryl methyl sites for hydroxylation is 2. The van der Waals surface area contributed by atoms with Crippen LogP contribution in [0, 0.1) is 13.8 Å². The van der Waals surface area contributed by atoms with E-state index in [0.29, 0.717) is 29.1 Å². The van der Waals surface area contributed by atoms with Crippen molar-refractivity contribution in [2.24, 2.45) is 0 Å². The third-order valence-corrected chi connectivity index (χ3v) is 7.12. The van der Waals surface area contributed by atoms with Crippen molar-refractivity contribution < 1.29 is 22.5 Å². The Kier molecular flexibility index (Phi) is 8.72. The number of likely N-dealkylation sites (N-methyl/N-ethyl adjacent to an activating group) is 1. The normalized spacial score (nSPS) is 12.2. The summed E-state index contributed by atoms with van der Waals surface area (Å²) >= 11 is 0. The average molecular weight is 602 g/mol. The van der Waals surface area contributed by atoms with Gasteiger partial charge in [-0.15, -0.1) is 0 Å². The number of rotatable bonds is 9. The number of nitrogens with one attached hydrogen (secondary N) is 3. The van der Waals surface area contributed by atoms with E-state index in [9.17, 15) is 18.0 Å². The van der Waals surface area contributed by atoms with Crippen LogP contribution in [0.1, 0.15) is 39.5 Å². The topological polar surface area (TPSA) is 118 Å². The van der Waals surface area contributed by atoms with Crippen LogP contribution in [0.3, 0.4) is 0 Å². The molecule has 12 heteroatoms. The van der Waals surface area contributed by atoms with Gasteiger partial charge in [-0.1, -0.05) is 17.3 Å². The molecule has 0 aliphatic carbocycles. The van der Waals surface area contributed by atoms with Gasteiger partial charge in [0, 0.05) is 52.6 Å². The number of benzene rings is 2. The zero-order chi connectivity index (χ0) is 31.4. The van der Waals surface area contributed by atoms with E-state index in [0.717, 1.165) is 28.3 Å². The number of carbonyl (C=O) groups excluding carboxylic acids is 1. The van der Waals surface area contributed by atoms with Gasteiger partial charge in [-0.2, -0.15) is 13.2 Å². The van der Waals surface area contributed by atoms with E-state index in [2.05, 4.69) is 36.1 Å². The summed E-state index contributed by atoms with van der Waals surface area (Å²) in [7, 11) is 1.75. The number of hydrogen-bond acceptors (Lipinski definition) is 8. The van der Waals surface area contributed by atoms with Gasteiger partial charge >= 0.3 is 6.18 Å². The minimum absolute atomic E-state index is 0.00921. The minimum atomic E-state index is -4.65. The van der Waals surface area contributed by atoms with Gasteiger partial charge in [0.05, 0.1) is 23.1 Å². The summed E-state index contributed by atoms with van der Waals surface area (Å²) in [4.78, 5) is 26.4. The number of carbonyl (C=O) groups is 1. The molecule has 5 aromatic rings. The summed E-state index contributed by atoms with van der Waals surface area (Å²) in [5, 5.41) is 12.4. The second-order valence-corrected chi connectivity index (χ2v) is 10.4. The van der Waals surface area contributed by atoms with E-state index >= 15 is 0 Å². The van der Waals surface area contributed by atoms with Gasteiger partial charge in [-0.25, -0.2) is 9.97 Å². The molecule has 0 aliphatic heterocycles. The van der Waals surface area contributed by atoms with Crippen molar-refractivity contribution in [2.75, 3.05) is 17.7 Å². The molecule has 3 heterocycles. The molecule has 0 aliphatic rings. The average Bonchev–Trinajstić information content (AvgIpc) is 3.44. The Morgan fingerprint density at radius 1 is 0.955 bits per heavy atom. The van der Waals surface area contributed by atoms with Crippen molar-refractivity contribution in [2.45, 2.75) is 39.4 Å². The first-order chi connectivity index (χ1) is 21.0. The van der Waals surface area contributed by atoms with Gasteiger partial charge in [-0.3, -0.25) is 9.78 Å². The van der Waals surface area contributed by atoms with E-state index < -0.39 is 17.6 Å². The van der Waals surface area contributed by atoms with Crippen LogP contribution >= 0.6 is 0 Å². The highest BCUT2D eigenvalue weighted by Crippen LogP contribution is 2.36. The van der Waals surface area contributed by atoms with Crippen LogP contribution in [0.15, 0.2) is 77.8 Å². The predicted octanol–water partition coefficient (Wildman–Crippen LogP) is 6.98. The van der Waals surface area contributed by atoms with Crippen LogP contribution in [-0.4, -0.2) is 39.1 Å². The highest BCUT2D eigenvalue weighted by atomic mass is 19.4. The molecule has 0 radical (unpaired) electrons. The van der Waals surface area contributed by atoms with Crippen molar-refractivity contribution in [1.82, 2.24) is 25.4 Å². The summed E-state index contributed by atoms with van der Waals surface area (Å²) < 4.78 is 47.1. The van der Waals surface area contributed by atoms with Gasteiger partial charge in [0.25, 0.3) is 5.91 Å². The van der Waals surface area contributed by atoms with Crippen molar-refractivity contribution in [3.05, 3.63) is 101 Å². The summed E-state index contributed by atoms with van der Waals surface area (Å²) in [6.07, 6.45) is 2.32. The van der Waals surface area contributed by atoms with Crippen LogP contribution in [0.25, 0.3) is 22.6 Å². The lowest BCUT2D eigenvalue weighted by Crippen LogP contribution is -2.24. The molecule has 0 saturated heterocycles. The number of alkyl halides is 3. The standard InChI is InChI=1S/C32H30F3N7O2/c1-18-5-7-22(30(43)40-27-8-6-21(11-20(3)36-4)12-25(27)32(33,34)35)14-28(18)42-31-38-10-9-26(41-31)23-13-24(17-37-16-23)29-19(2)15-39-44-29/h5-10,12-17,20,36H,11H2,1-4H3,(H,40,43)(H,38,41,42). The first-order valence-electron chi connectivity index (χ1n) is 13.8. The molecule has 3 N–H and O–H groups in total. The first kappa shape index (κ1) is 30.4. The van der Waals surface area contributed by atoms with Crippen molar-refractivity contribution >= 4 is 23.2 Å². The second kappa shape index (κ2) is 12.6. The molecule has 9 nitrogen and oxygen atoms in total. The van der Waals surface area contributed by atoms with Gasteiger partial charge < -0.3 is 20.5 Å². The van der Waals surface area contributed by atoms with Crippen LogP contribution in [0.5, 0.6) is 0 Å². The number of aromatic nitrogens is 4. The number of hydrogen-bond donors (Lipinski definition) is 3. The number of nitrogens with zero attached hydrogens (tertiary/aromatic N) is 4. The molecule has 1 unspecified atom stereocenters. The van der Waals surface area contributed by atoms with E-state index in [1.807, 2.05) is 26.8 Å². The van der Waals surface area contributed by atoms with Crippen molar-refractivity contribution in [1.29, 1.82) is 0 Å². The van der Waals surface area contributed by atoms with Gasteiger partial charge in [0.2, 0.25) is 5.95 Å². The molecule has 5 rings (SSSR count). The molecule has 3 aromatic heterocycles. The maximum Gasteiger partial charge on any atom is 0.418 e. The quantitative estimate of drug-likeness (QED) is 0.166. The third-order valence-electron chi connectivity index (χ3n) is 7.12. The molecule has 2 aromatic carbocycles. The maximum absolute atomic E-state index is 13.9. The fourth-order valence-electron chi connectivity index (χ4n) is 4.58. The fourth-order valence-corrected chi connectivity index (χ4v) is 4.58. The monoisotopic (exact) mass is 601 g/mol. The van der Waals surface area contributed by atoms with Crippen LogP contribution in [-0.2, 0) is 12.6 Å². The number of amides is 1. The molecule has 44 heavy (non-hydrogen) atoms. The zero-order valence-electron chi connectivity index (χ0n) is 24.5. The highest BCUT2D eigenvalue weighted by Gasteiger charge is 2.34. The summed E-state index contributed by atoms with van der Waals surface area (Å²) in [6, 6.07) is 12.4. The van der Waals surface area contributed by atoms with Crippen molar-refractivity contribution in [3.63, 3.8) is 0 Å². The number of pyridine rings is 1. The zero-order valence-corrected chi connectivity index (χ0v) is 24.5. The van der Waals surface area contributed by atoms with Crippen molar-refractivity contribution in [3.8, 4) is 22.6 Å². The van der Waals surface area contributed by atoms with E-state index in [4.69, 9.17) is 4.52 Å². The van der Waals surface area contributed by atoms with Gasteiger partial charge in [-0.05, 0) is 81.8 Å². The van der Waals surface area contributed by atoms with E-state index in [1.165, 1.54) is 6.07 Å². The third kappa shape index (κ3) is 6.92. The van der Waals surface area contributed by atoms with E-state index in [-0.39, 0.29) is 23.2 Å². The molecule has 1 amide bonds. The fraction of sp³-hybridized carbons (Fsp3) is 0.219. The van der Waals surface area contributed by atoms with E-state index in [1.54, 1.807) is 62.2 Å². The number of anilines is 3. The Morgan fingerprint density at radius 2 is 1.75 bits per heavy atom. The lowest BCUT2D eigenvalue weighted by molar-refractivity contribution is -0.137. The Hall–Kier alpha value is -5.10. The summed E-state index contributed by atoms with van der Waals surface area (Å²) in [5.41, 5.74) is 3.69. The lowest BCUT2D eigenvalue weighted by atomic mass is 10.0. The molecule has 226 valence electrons. The molecule has 0 saturated carbocycles. The number of halogens is 3. The Labute approximate surface area is 252 Å². The Bertz CT molecular complexity index is 1800. The SMILES string of the molecule is CNC(C)Cc1ccc(NC(=O)c2ccc(C)c(Nc3nccc(-c4cncc(-c5oncc5C)c4)n3)c2)c(C(F)(F)F)c1. The molecule has 0 bridgehead atoms. The predicted molar refractivity (Wildman–Crippen MR) is 162 cm³/mol. The Balaban J connectivity index is 1.37. The first-order valence-corrected chi connectivity index (χ1v) is 13.8. The molecule has 0 spiro atoms. The van der Waals surface area contributed by atoms with Crippen LogP contribution < -0.4 is 16.0 Å². The minimum Gasteiger partial charge on any atom is -0.356 e.